The van der Waals surface area contributed by atoms with Crippen LogP contribution < -0.4 is 10.1 Å². The first-order valence-corrected chi connectivity index (χ1v) is 15.7. The van der Waals surface area contributed by atoms with Crippen LogP contribution in [0.1, 0.15) is 28.8 Å². The Morgan fingerprint density at radius 3 is 2.46 bits per heavy atom. The number of piperazine rings is 1. The van der Waals surface area contributed by atoms with Gasteiger partial charge in [0.05, 0.1) is 26.9 Å². The maximum atomic E-state index is 13.9. The van der Waals surface area contributed by atoms with Crippen molar-refractivity contribution in [2.45, 2.75) is 31.5 Å². The van der Waals surface area contributed by atoms with Crippen LogP contribution in [0, 0.1) is 5.82 Å². The van der Waals surface area contributed by atoms with Gasteiger partial charge in [-0.25, -0.2) is 4.39 Å². The summed E-state index contributed by atoms with van der Waals surface area (Å²) in [5.41, 5.74) is 1.43. The lowest BCUT2D eigenvalue weighted by Crippen LogP contribution is -2.62. The normalized spacial score (nSPS) is 21.7. The van der Waals surface area contributed by atoms with Crippen molar-refractivity contribution >= 4 is 23.6 Å². The number of hydrogen-bond donors (Lipinski definition) is 1. The summed E-state index contributed by atoms with van der Waals surface area (Å²) in [6.07, 6.45) is 0.931. The van der Waals surface area contributed by atoms with Crippen LogP contribution >= 0.6 is 0 Å². The van der Waals surface area contributed by atoms with E-state index >= 15 is 0 Å². The first-order valence-electron chi connectivity index (χ1n) is 15.7. The molecule has 0 saturated carbocycles. The largest absolute Gasteiger partial charge is 0.497 e. The van der Waals surface area contributed by atoms with E-state index < -0.39 is 11.9 Å². The first-order chi connectivity index (χ1) is 22.3. The molecule has 5 rings (SSSR count). The maximum Gasteiger partial charge on any atom is 0.253 e. The SMILES string of the molecule is COc1cccc(CN2CCN3C(=O)CN(C4CCN(C(=O)c5ccc(F)cc5)CC4)C(=O)COCCOCCNC(=O)[C@@H]3C2)c1. The highest BCUT2D eigenvalue weighted by molar-refractivity contribution is 5.94. The molecule has 0 radical (unpaired) electrons. The molecular formula is C33H42FN5O7. The van der Waals surface area contributed by atoms with Crippen molar-refractivity contribution in [3.63, 3.8) is 0 Å². The predicted octanol–water partition coefficient (Wildman–Crippen LogP) is 1.14. The van der Waals surface area contributed by atoms with E-state index in [0.717, 1.165) is 11.3 Å². The maximum absolute atomic E-state index is 13.9. The molecule has 3 aliphatic heterocycles. The predicted molar refractivity (Wildman–Crippen MR) is 165 cm³/mol. The van der Waals surface area contributed by atoms with Crippen LogP contribution in [0.15, 0.2) is 48.5 Å². The van der Waals surface area contributed by atoms with E-state index in [0.29, 0.717) is 57.7 Å². The highest BCUT2D eigenvalue weighted by Gasteiger charge is 2.38. The third-order valence-electron chi connectivity index (χ3n) is 8.68. The summed E-state index contributed by atoms with van der Waals surface area (Å²) in [6, 6.07) is 12.1. The lowest BCUT2D eigenvalue weighted by Gasteiger charge is -2.43. The van der Waals surface area contributed by atoms with Crippen LogP contribution in [0.5, 0.6) is 5.75 Å². The Morgan fingerprint density at radius 2 is 1.70 bits per heavy atom. The van der Waals surface area contributed by atoms with Crippen LogP contribution in [-0.4, -0.2) is 135 Å². The summed E-state index contributed by atoms with van der Waals surface area (Å²) in [4.78, 5) is 60.8. The molecule has 0 aromatic heterocycles. The second kappa shape index (κ2) is 16.0. The number of hydrogen-bond acceptors (Lipinski definition) is 8. The summed E-state index contributed by atoms with van der Waals surface area (Å²) < 4.78 is 29.9. The van der Waals surface area contributed by atoms with Crippen LogP contribution in [0.2, 0.25) is 0 Å². The standard InChI is InChI=1S/C33H42FN5O7/c1-44-28-4-2-3-24(19-28)20-36-14-15-38-29(21-36)32(42)35-11-16-45-17-18-46-23-31(41)39(22-30(38)40)27-9-12-37(13-10-27)33(43)25-5-7-26(34)8-6-25/h2-8,19,27,29H,9-18,20-23H2,1H3,(H,35,42)/t29-/m0/s1. The molecule has 0 bridgehead atoms. The van der Waals surface area contributed by atoms with Crippen molar-refractivity contribution in [2.24, 2.45) is 0 Å². The van der Waals surface area contributed by atoms with Gasteiger partial charge in [0.1, 0.15) is 30.8 Å². The van der Waals surface area contributed by atoms with Gasteiger partial charge in [-0.3, -0.25) is 24.1 Å². The van der Waals surface area contributed by atoms with E-state index in [9.17, 15) is 23.6 Å². The van der Waals surface area contributed by atoms with Gasteiger partial charge >= 0.3 is 0 Å². The number of ether oxygens (including phenoxy) is 3. The fraction of sp³-hybridized carbons (Fsp3) is 0.515. The average Bonchev–Trinajstić information content (AvgIpc) is 3.08. The molecule has 2 aromatic rings. The number of carbonyl (C=O) groups excluding carboxylic acids is 4. The van der Waals surface area contributed by atoms with Crippen molar-refractivity contribution in [2.75, 3.05) is 79.4 Å². The van der Waals surface area contributed by atoms with Crippen LogP contribution in [0.4, 0.5) is 4.39 Å². The quantitative estimate of drug-likeness (QED) is 0.518. The molecule has 4 amide bonds. The summed E-state index contributed by atoms with van der Waals surface area (Å²) in [5.74, 6) is -0.791. The van der Waals surface area contributed by atoms with E-state index in [1.165, 1.54) is 24.3 Å². The third-order valence-corrected chi connectivity index (χ3v) is 8.68. The van der Waals surface area contributed by atoms with E-state index in [2.05, 4.69) is 10.2 Å². The second-order valence-corrected chi connectivity index (χ2v) is 11.7. The van der Waals surface area contributed by atoms with E-state index in [4.69, 9.17) is 14.2 Å². The highest BCUT2D eigenvalue weighted by atomic mass is 19.1. The highest BCUT2D eigenvalue weighted by Crippen LogP contribution is 2.22. The molecule has 46 heavy (non-hydrogen) atoms. The number of halogens is 1. The molecule has 3 saturated heterocycles. The van der Waals surface area contributed by atoms with Gasteiger partial charge in [0.25, 0.3) is 5.91 Å². The minimum atomic E-state index is -0.750. The van der Waals surface area contributed by atoms with Crippen molar-refractivity contribution < 1.29 is 37.8 Å². The van der Waals surface area contributed by atoms with Gasteiger partial charge in [0.15, 0.2) is 0 Å². The number of likely N-dealkylation sites (tertiary alicyclic amines) is 1. The Balaban J connectivity index is 1.29. The van der Waals surface area contributed by atoms with Crippen LogP contribution in [0.25, 0.3) is 0 Å². The van der Waals surface area contributed by atoms with E-state index in [-0.39, 0.29) is 69.2 Å². The zero-order valence-corrected chi connectivity index (χ0v) is 26.2. The van der Waals surface area contributed by atoms with Gasteiger partial charge in [-0.1, -0.05) is 12.1 Å². The molecule has 3 fully saturated rings. The lowest BCUT2D eigenvalue weighted by molar-refractivity contribution is -0.151. The number of benzene rings is 2. The summed E-state index contributed by atoms with van der Waals surface area (Å²) in [7, 11) is 1.62. The molecule has 2 aromatic carbocycles. The number of methoxy groups -OCH3 is 1. The van der Waals surface area contributed by atoms with Crippen molar-refractivity contribution in [3.05, 3.63) is 65.5 Å². The Bertz CT molecular complexity index is 1370. The average molecular weight is 640 g/mol. The summed E-state index contributed by atoms with van der Waals surface area (Å²) in [6.45, 7) is 3.15. The molecular weight excluding hydrogens is 597 g/mol. The fourth-order valence-corrected chi connectivity index (χ4v) is 6.17. The van der Waals surface area contributed by atoms with Gasteiger partial charge < -0.3 is 34.2 Å². The Kier molecular flexibility index (Phi) is 11.6. The van der Waals surface area contributed by atoms with Gasteiger partial charge in [-0.15, -0.1) is 0 Å². The zero-order valence-electron chi connectivity index (χ0n) is 26.2. The Labute approximate surface area is 268 Å². The molecule has 248 valence electrons. The Morgan fingerprint density at radius 1 is 0.935 bits per heavy atom. The molecule has 13 heteroatoms. The lowest BCUT2D eigenvalue weighted by atomic mass is 10.0. The van der Waals surface area contributed by atoms with Gasteiger partial charge in [-0.2, -0.15) is 0 Å². The monoisotopic (exact) mass is 639 g/mol. The minimum Gasteiger partial charge on any atom is -0.497 e. The van der Waals surface area contributed by atoms with Crippen molar-refractivity contribution in [1.29, 1.82) is 0 Å². The number of amides is 4. The Hall–Kier alpha value is -4.07. The smallest absolute Gasteiger partial charge is 0.253 e. The van der Waals surface area contributed by atoms with Crippen molar-refractivity contribution in [3.8, 4) is 5.75 Å². The molecule has 1 N–H and O–H groups in total. The topological polar surface area (TPSA) is 121 Å². The van der Waals surface area contributed by atoms with Crippen LogP contribution in [-0.2, 0) is 30.4 Å². The van der Waals surface area contributed by atoms with Gasteiger partial charge in [0.2, 0.25) is 17.7 Å². The third kappa shape index (κ3) is 8.59. The molecule has 1 atom stereocenters. The second-order valence-electron chi connectivity index (χ2n) is 11.7. The molecule has 0 unspecified atom stereocenters. The van der Waals surface area contributed by atoms with Crippen molar-refractivity contribution in [1.82, 2.24) is 24.9 Å². The summed E-state index contributed by atoms with van der Waals surface area (Å²) in [5, 5.41) is 2.91. The fourth-order valence-electron chi connectivity index (χ4n) is 6.17. The molecule has 12 nitrogen and oxygen atoms in total. The first kappa shape index (κ1) is 33.3. The number of rotatable bonds is 5. The molecule has 3 aliphatic rings. The number of carbonyl (C=O) groups is 4. The number of nitrogens with zero attached hydrogens (tertiary/aromatic N) is 4. The van der Waals surface area contributed by atoms with Gasteiger partial charge in [-0.05, 0) is 54.8 Å². The van der Waals surface area contributed by atoms with Crippen LogP contribution in [0.3, 0.4) is 0 Å². The number of fused-ring (bicyclic) bond motifs is 1. The van der Waals surface area contributed by atoms with Gasteiger partial charge in [0, 0.05) is 57.4 Å². The number of nitrogens with one attached hydrogen (secondary N) is 1. The molecule has 3 heterocycles. The minimum absolute atomic E-state index is 0.195. The summed E-state index contributed by atoms with van der Waals surface area (Å²) >= 11 is 0. The number of piperidine rings is 1. The van der Waals surface area contributed by atoms with E-state index in [1.54, 1.807) is 21.8 Å². The molecule has 0 spiro atoms. The molecule has 0 aliphatic carbocycles. The van der Waals surface area contributed by atoms with E-state index in [1.807, 2.05) is 24.3 Å². The zero-order chi connectivity index (χ0) is 32.5.